The van der Waals surface area contributed by atoms with Gasteiger partial charge in [-0.1, -0.05) is 159 Å². The van der Waals surface area contributed by atoms with Crippen LogP contribution in [-0.2, 0) is 70.1 Å². The molecule has 1 fully saturated rings. The lowest BCUT2D eigenvalue weighted by Gasteiger charge is -2.47. The average molecular weight is 739 g/mol. The highest BCUT2D eigenvalue weighted by Crippen LogP contribution is 2.54. The highest BCUT2D eigenvalue weighted by molar-refractivity contribution is 7.48. The van der Waals surface area contributed by atoms with Crippen molar-refractivity contribution in [2.45, 2.75) is 70.7 Å². The van der Waals surface area contributed by atoms with E-state index in [-0.39, 0.29) is 45.6 Å². The summed E-state index contributed by atoms with van der Waals surface area (Å²) in [4.78, 5) is 0. The fraction of sp³-hybridized carbons (Fsp3) is 0.302. The van der Waals surface area contributed by atoms with Gasteiger partial charge in [-0.3, -0.25) is 13.6 Å². The molecule has 1 aliphatic rings. The second-order valence-corrected chi connectivity index (χ2v) is 14.6. The Morgan fingerprint density at radius 3 is 1.36 bits per heavy atom. The van der Waals surface area contributed by atoms with Crippen molar-refractivity contribution in [2.75, 3.05) is 6.61 Å². The van der Waals surface area contributed by atoms with Crippen LogP contribution in [0.25, 0.3) is 0 Å². The molecule has 0 unspecified atom stereocenters. The molecule has 1 N–H and O–H groups in total. The van der Waals surface area contributed by atoms with Crippen LogP contribution in [0.4, 0.5) is 0 Å². The Morgan fingerprint density at radius 1 is 0.566 bits per heavy atom. The molecule has 278 valence electrons. The van der Waals surface area contributed by atoms with Crippen LogP contribution in [0.2, 0.25) is 0 Å². The van der Waals surface area contributed by atoms with E-state index in [0.717, 1.165) is 27.8 Å². The summed E-state index contributed by atoms with van der Waals surface area (Å²) in [6.45, 7) is 2.26. The molecule has 5 aromatic carbocycles. The van der Waals surface area contributed by atoms with Crippen LogP contribution in [0.5, 0.6) is 0 Å². The quantitative estimate of drug-likeness (QED) is 0.0835. The topological polar surface area (TPSA) is 102 Å². The van der Waals surface area contributed by atoms with Gasteiger partial charge in [-0.05, 0) is 27.8 Å². The smallest absolute Gasteiger partial charge is 0.394 e. The summed E-state index contributed by atoms with van der Waals surface area (Å²) in [7, 11) is -4.37. The molecule has 0 radical (unpaired) electrons. The Balaban J connectivity index is 1.32. The van der Waals surface area contributed by atoms with Crippen molar-refractivity contribution in [2.24, 2.45) is 5.92 Å². The first-order chi connectivity index (χ1) is 26.0. The van der Waals surface area contributed by atoms with Crippen LogP contribution in [0.1, 0.15) is 34.7 Å². The second-order valence-electron chi connectivity index (χ2n) is 12.9. The predicted molar refractivity (Wildman–Crippen MR) is 201 cm³/mol. The molecule has 1 saturated heterocycles. The molecule has 5 aromatic rings. The van der Waals surface area contributed by atoms with Gasteiger partial charge in [0.15, 0.2) is 6.29 Å². The van der Waals surface area contributed by atoms with Crippen molar-refractivity contribution in [3.63, 3.8) is 0 Å². The molecule has 0 amide bonds. The molecule has 10 heteroatoms. The highest BCUT2D eigenvalue weighted by Gasteiger charge is 2.51. The van der Waals surface area contributed by atoms with Crippen LogP contribution in [-0.4, -0.2) is 42.4 Å². The van der Waals surface area contributed by atoms with Gasteiger partial charge < -0.3 is 24.1 Å². The first kappa shape index (κ1) is 38.7. The van der Waals surface area contributed by atoms with Gasteiger partial charge >= 0.3 is 7.82 Å². The summed E-state index contributed by atoms with van der Waals surface area (Å²) in [5.74, 6) is -0.373. The van der Waals surface area contributed by atoms with Gasteiger partial charge in [0.2, 0.25) is 0 Å². The number of aliphatic hydroxyl groups excluding tert-OH is 1. The first-order valence-electron chi connectivity index (χ1n) is 17.9. The van der Waals surface area contributed by atoms with E-state index in [1.807, 2.05) is 159 Å². The van der Waals surface area contributed by atoms with Gasteiger partial charge in [0.25, 0.3) is 0 Å². The van der Waals surface area contributed by atoms with E-state index in [4.69, 9.17) is 32.5 Å². The van der Waals surface area contributed by atoms with Crippen molar-refractivity contribution < 1.29 is 42.2 Å². The summed E-state index contributed by atoms with van der Waals surface area (Å²) < 4.78 is 59.4. The molecular formula is C43H47O9P. The number of phosphoric ester groups is 1. The maximum absolute atomic E-state index is 14.7. The molecule has 0 aromatic heterocycles. The Morgan fingerprint density at radius 2 is 0.943 bits per heavy atom. The van der Waals surface area contributed by atoms with Crippen LogP contribution < -0.4 is 0 Å². The minimum atomic E-state index is -4.37. The molecule has 0 saturated carbocycles. The van der Waals surface area contributed by atoms with Crippen molar-refractivity contribution in [1.29, 1.82) is 0 Å². The van der Waals surface area contributed by atoms with E-state index in [0.29, 0.717) is 0 Å². The number of aliphatic hydroxyl groups is 1. The van der Waals surface area contributed by atoms with Gasteiger partial charge in [0.05, 0.1) is 51.8 Å². The number of rotatable bonds is 19. The Hall–Kier alpha value is -3.99. The van der Waals surface area contributed by atoms with Crippen molar-refractivity contribution in [3.05, 3.63) is 179 Å². The van der Waals surface area contributed by atoms with Gasteiger partial charge in [-0.25, -0.2) is 4.57 Å². The predicted octanol–water partition coefficient (Wildman–Crippen LogP) is 8.65. The van der Waals surface area contributed by atoms with E-state index in [9.17, 15) is 9.67 Å². The molecule has 9 nitrogen and oxygen atoms in total. The molecule has 1 heterocycles. The molecular weight excluding hydrogens is 691 g/mol. The van der Waals surface area contributed by atoms with Crippen molar-refractivity contribution >= 4 is 7.82 Å². The molecule has 0 aliphatic carbocycles. The standard InChI is InChI=1S/C43H47O9P/c1-33-40(39(27-44)46-28-34-17-7-2-8-18-34)51-43(42(48-30-36-21-11-4-12-22-36)41(33)47-29-35-19-9-3-10-20-35)52-53(45,49-31-37-23-13-5-14-24-37)50-32-38-25-15-6-16-26-38/h2-26,33,39-44H,27-32H2,1H3/t33-,39-,40+,41+,42+,43-/m1/s1. The van der Waals surface area contributed by atoms with E-state index in [1.54, 1.807) is 0 Å². The maximum Gasteiger partial charge on any atom is 0.477 e. The monoisotopic (exact) mass is 738 g/mol. The number of hydrogen-bond acceptors (Lipinski definition) is 9. The number of phosphoric acid groups is 1. The SMILES string of the molecule is C[C@H]1[C@H](OCc2ccccc2)[C@H](OCc2ccccc2)[C@@H](OP(=O)(OCc2ccccc2)OCc2ccccc2)O[C@@H]1[C@@H](CO)OCc1ccccc1. The molecule has 53 heavy (non-hydrogen) atoms. The lowest BCUT2D eigenvalue weighted by atomic mass is 9.87. The van der Waals surface area contributed by atoms with Gasteiger partial charge in [-0.2, -0.15) is 0 Å². The summed E-state index contributed by atoms with van der Waals surface area (Å²) in [6.07, 6.45) is -4.42. The fourth-order valence-electron chi connectivity index (χ4n) is 6.17. The van der Waals surface area contributed by atoms with Gasteiger partial charge in [-0.15, -0.1) is 0 Å². The summed E-state index contributed by atoms with van der Waals surface area (Å²) >= 11 is 0. The average Bonchev–Trinajstić information content (AvgIpc) is 3.21. The van der Waals surface area contributed by atoms with E-state index >= 15 is 0 Å². The van der Waals surface area contributed by atoms with Gasteiger partial charge in [0, 0.05) is 5.92 Å². The largest absolute Gasteiger partial charge is 0.477 e. The molecule has 1 aliphatic heterocycles. The zero-order chi connectivity index (χ0) is 36.7. The molecule has 6 rings (SSSR count). The van der Waals surface area contributed by atoms with Crippen LogP contribution >= 0.6 is 7.82 Å². The fourth-order valence-corrected chi connectivity index (χ4v) is 7.41. The minimum Gasteiger partial charge on any atom is -0.394 e. The first-order valence-corrected chi connectivity index (χ1v) is 19.3. The molecule has 0 bridgehead atoms. The van der Waals surface area contributed by atoms with E-state index in [1.165, 1.54) is 0 Å². The third-order valence-electron chi connectivity index (χ3n) is 9.04. The van der Waals surface area contributed by atoms with Crippen molar-refractivity contribution in [1.82, 2.24) is 0 Å². The summed E-state index contributed by atoms with van der Waals surface area (Å²) in [5.41, 5.74) is 4.39. The molecule has 0 spiro atoms. The van der Waals surface area contributed by atoms with Crippen LogP contribution in [0, 0.1) is 5.92 Å². The zero-order valence-corrected chi connectivity index (χ0v) is 30.7. The third kappa shape index (κ3) is 11.5. The van der Waals surface area contributed by atoms with Crippen LogP contribution in [0.3, 0.4) is 0 Å². The lowest BCUT2D eigenvalue weighted by Crippen LogP contribution is -2.59. The maximum atomic E-state index is 14.7. The number of hydrogen-bond donors (Lipinski definition) is 1. The van der Waals surface area contributed by atoms with Crippen molar-refractivity contribution in [3.8, 4) is 0 Å². The zero-order valence-electron chi connectivity index (χ0n) is 29.8. The Kier molecular flexibility index (Phi) is 14.5. The van der Waals surface area contributed by atoms with E-state index in [2.05, 4.69) is 0 Å². The number of ether oxygens (including phenoxy) is 4. The van der Waals surface area contributed by atoms with E-state index < -0.39 is 38.5 Å². The second kappa shape index (κ2) is 19.9. The normalized spacial score (nSPS) is 20.9. The van der Waals surface area contributed by atoms with Gasteiger partial charge in [0.1, 0.15) is 12.2 Å². The Labute approximate surface area is 312 Å². The third-order valence-corrected chi connectivity index (χ3v) is 10.4. The number of benzene rings is 5. The molecule has 6 atom stereocenters. The highest BCUT2D eigenvalue weighted by atomic mass is 31.2. The minimum absolute atomic E-state index is 0.0393. The van der Waals surface area contributed by atoms with Crippen LogP contribution in [0.15, 0.2) is 152 Å². The summed E-state index contributed by atoms with van der Waals surface area (Å²) in [5, 5.41) is 10.7. The lowest BCUT2D eigenvalue weighted by molar-refractivity contribution is -0.303. The Bertz CT molecular complexity index is 1750. The summed E-state index contributed by atoms with van der Waals surface area (Å²) in [6, 6.07) is 48.0.